The van der Waals surface area contributed by atoms with Crippen LogP contribution < -0.4 is 10.9 Å². The van der Waals surface area contributed by atoms with Crippen LogP contribution in [0.3, 0.4) is 0 Å². The van der Waals surface area contributed by atoms with Gasteiger partial charge in [-0.2, -0.15) is 4.98 Å². The van der Waals surface area contributed by atoms with E-state index < -0.39 is 0 Å². The van der Waals surface area contributed by atoms with Gasteiger partial charge in [-0.15, -0.1) is 0 Å². The first kappa shape index (κ1) is 15.3. The summed E-state index contributed by atoms with van der Waals surface area (Å²) >= 11 is 0. The third-order valence-electron chi connectivity index (χ3n) is 4.11. The number of amides is 1. The molecule has 3 aromatic rings. The molecule has 0 saturated heterocycles. The number of benzene rings is 1. The Bertz CT molecular complexity index is 1000. The molecule has 7 nitrogen and oxygen atoms in total. The molecular weight excluding hydrogens is 320 g/mol. The molecule has 1 aromatic carbocycles. The van der Waals surface area contributed by atoms with Crippen molar-refractivity contribution >= 4 is 11.6 Å². The Labute approximate surface area is 143 Å². The van der Waals surface area contributed by atoms with E-state index in [1.807, 2.05) is 12.1 Å². The summed E-state index contributed by atoms with van der Waals surface area (Å²) in [4.78, 5) is 30.7. The van der Waals surface area contributed by atoms with Gasteiger partial charge in [-0.1, -0.05) is 17.3 Å². The van der Waals surface area contributed by atoms with Crippen molar-refractivity contribution in [2.45, 2.75) is 25.7 Å². The van der Waals surface area contributed by atoms with Crippen LogP contribution in [0.5, 0.6) is 0 Å². The fraction of sp³-hybridized carbons (Fsp3) is 0.222. The number of aryl methyl sites for hydroxylation is 1. The van der Waals surface area contributed by atoms with Gasteiger partial charge in [-0.05, 0) is 38.0 Å². The van der Waals surface area contributed by atoms with Gasteiger partial charge in [0, 0.05) is 28.9 Å². The number of carbonyl (C=O) groups excluding carboxylic acids is 1. The minimum absolute atomic E-state index is 0.236. The number of aromatic amines is 1. The number of aromatic nitrogens is 3. The van der Waals surface area contributed by atoms with Gasteiger partial charge in [0.1, 0.15) is 0 Å². The average molecular weight is 336 g/mol. The lowest BCUT2D eigenvalue weighted by molar-refractivity contribution is 0.102. The van der Waals surface area contributed by atoms with E-state index in [9.17, 15) is 9.59 Å². The summed E-state index contributed by atoms with van der Waals surface area (Å²) in [5, 5.41) is 6.83. The van der Waals surface area contributed by atoms with E-state index in [2.05, 4.69) is 20.4 Å². The van der Waals surface area contributed by atoms with Crippen LogP contribution >= 0.6 is 0 Å². The van der Waals surface area contributed by atoms with Crippen molar-refractivity contribution in [1.82, 2.24) is 15.1 Å². The second-order valence-corrected chi connectivity index (χ2v) is 6.13. The Kier molecular flexibility index (Phi) is 3.68. The zero-order valence-electron chi connectivity index (χ0n) is 13.6. The van der Waals surface area contributed by atoms with Crippen LogP contribution in [-0.4, -0.2) is 21.0 Å². The zero-order chi connectivity index (χ0) is 17.4. The molecule has 1 fully saturated rings. The number of nitrogens with one attached hydrogen (secondary N) is 2. The number of pyridine rings is 1. The summed E-state index contributed by atoms with van der Waals surface area (Å²) in [5.41, 5.74) is 2.09. The lowest BCUT2D eigenvalue weighted by atomic mass is 10.1. The van der Waals surface area contributed by atoms with Crippen LogP contribution in [-0.2, 0) is 0 Å². The molecule has 0 spiro atoms. The van der Waals surface area contributed by atoms with Gasteiger partial charge in [-0.3, -0.25) is 9.59 Å². The van der Waals surface area contributed by atoms with Crippen LogP contribution in [0.25, 0.3) is 11.4 Å². The maximum atomic E-state index is 12.4. The lowest BCUT2D eigenvalue weighted by Gasteiger charge is -2.08. The number of carbonyl (C=O) groups is 1. The van der Waals surface area contributed by atoms with Crippen molar-refractivity contribution in [3.8, 4) is 11.4 Å². The number of H-pyrrole nitrogens is 1. The molecule has 25 heavy (non-hydrogen) atoms. The Morgan fingerprint density at radius 3 is 2.88 bits per heavy atom. The summed E-state index contributed by atoms with van der Waals surface area (Å²) < 4.78 is 5.28. The smallest absolute Gasteiger partial charge is 0.257 e. The fourth-order valence-corrected chi connectivity index (χ4v) is 2.61. The highest BCUT2D eigenvalue weighted by Gasteiger charge is 2.29. The molecule has 1 amide bonds. The molecule has 4 rings (SSSR count). The largest absolute Gasteiger partial charge is 0.339 e. The standard InChI is InChI=1S/C18H16N4O3/c1-10-14(7-8-15(23)19-10)17(24)20-13-4-2-3-12(9-13)16-21-18(25-22-16)11-5-6-11/h2-4,7-9,11H,5-6H2,1H3,(H,19,23)(H,20,24). The van der Waals surface area contributed by atoms with Crippen molar-refractivity contribution in [2.75, 3.05) is 5.32 Å². The predicted octanol–water partition coefficient (Wildman–Crippen LogP) is 2.86. The fourth-order valence-electron chi connectivity index (χ4n) is 2.61. The van der Waals surface area contributed by atoms with E-state index in [0.29, 0.717) is 34.6 Å². The summed E-state index contributed by atoms with van der Waals surface area (Å²) in [6.07, 6.45) is 2.19. The third-order valence-corrected chi connectivity index (χ3v) is 4.11. The first-order valence-corrected chi connectivity index (χ1v) is 8.05. The quantitative estimate of drug-likeness (QED) is 0.763. The molecule has 2 N–H and O–H groups in total. The highest BCUT2D eigenvalue weighted by molar-refractivity contribution is 6.05. The molecule has 0 aliphatic heterocycles. The molecule has 0 radical (unpaired) electrons. The van der Waals surface area contributed by atoms with Gasteiger partial charge in [0.2, 0.25) is 17.3 Å². The Balaban J connectivity index is 1.56. The van der Waals surface area contributed by atoms with E-state index in [0.717, 1.165) is 18.4 Å². The molecule has 1 aliphatic carbocycles. The Hall–Kier alpha value is -3.22. The predicted molar refractivity (Wildman–Crippen MR) is 91.5 cm³/mol. The first-order valence-electron chi connectivity index (χ1n) is 8.05. The number of rotatable bonds is 4. The van der Waals surface area contributed by atoms with Crippen LogP contribution in [0.1, 0.15) is 40.7 Å². The maximum Gasteiger partial charge on any atom is 0.257 e. The van der Waals surface area contributed by atoms with Crippen molar-refractivity contribution in [2.24, 2.45) is 0 Å². The van der Waals surface area contributed by atoms with Gasteiger partial charge in [0.05, 0.1) is 5.56 Å². The van der Waals surface area contributed by atoms with E-state index in [-0.39, 0.29) is 11.5 Å². The second-order valence-electron chi connectivity index (χ2n) is 6.13. The van der Waals surface area contributed by atoms with E-state index in [1.165, 1.54) is 12.1 Å². The highest BCUT2D eigenvalue weighted by Crippen LogP contribution is 2.39. The lowest BCUT2D eigenvalue weighted by Crippen LogP contribution is -2.17. The molecule has 2 aromatic heterocycles. The van der Waals surface area contributed by atoms with Crippen molar-refractivity contribution < 1.29 is 9.32 Å². The second kappa shape index (κ2) is 6.01. The third kappa shape index (κ3) is 3.21. The van der Waals surface area contributed by atoms with E-state index >= 15 is 0 Å². The molecule has 0 bridgehead atoms. The van der Waals surface area contributed by atoms with Crippen LogP contribution in [0.4, 0.5) is 5.69 Å². The average Bonchev–Trinajstić information content (AvgIpc) is 3.32. The minimum Gasteiger partial charge on any atom is -0.339 e. The van der Waals surface area contributed by atoms with Crippen LogP contribution in [0.2, 0.25) is 0 Å². The van der Waals surface area contributed by atoms with Gasteiger partial charge in [0.15, 0.2) is 0 Å². The highest BCUT2D eigenvalue weighted by atomic mass is 16.5. The normalized spacial score (nSPS) is 13.6. The molecule has 2 heterocycles. The number of anilines is 1. The molecule has 0 atom stereocenters. The molecule has 1 aliphatic rings. The first-order chi connectivity index (χ1) is 12.1. The number of hydrogen-bond donors (Lipinski definition) is 2. The monoisotopic (exact) mass is 336 g/mol. The summed E-state index contributed by atoms with van der Waals surface area (Å²) in [5.74, 6) is 1.29. The summed E-state index contributed by atoms with van der Waals surface area (Å²) in [6, 6.07) is 10.1. The molecule has 7 heteroatoms. The molecule has 126 valence electrons. The molecular formula is C18H16N4O3. The van der Waals surface area contributed by atoms with Crippen molar-refractivity contribution in [3.63, 3.8) is 0 Å². The number of nitrogens with zero attached hydrogens (tertiary/aromatic N) is 2. The Morgan fingerprint density at radius 2 is 2.12 bits per heavy atom. The summed E-state index contributed by atoms with van der Waals surface area (Å²) in [7, 11) is 0. The SMILES string of the molecule is Cc1[nH]c(=O)ccc1C(=O)Nc1cccc(-c2noc(C3CC3)n2)c1. The van der Waals surface area contributed by atoms with Gasteiger partial charge < -0.3 is 14.8 Å². The van der Waals surface area contributed by atoms with E-state index in [4.69, 9.17) is 4.52 Å². The van der Waals surface area contributed by atoms with E-state index in [1.54, 1.807) is 19.1 Å². The molecule has 0 unspecified atom stereocenters. The minimum atomic E-state index is -0.294. The molecule has 1 saturated carbocycles. The number of hydrogen-bond acceptors (Lipinski definition) is 5. The van der Waals surface area contributed by atoms with Crippen LogP contribution in [0, 0.1) is 6.92 Å². The van der Waals surface area contributed by atoms with Crippen molar-refractivity contribution in [1.29, 1.82) is 0 Å². The van der Waals surface area contributed by atoms with Gasteiger partial charge in [0.25, 0.3) is 5.91 Å². The maximum absolute atomic E-state index is 12.4. The van der Waals surface area contributed by atoms with Gasteiger partial charge in [-0.25, -0.2) is 0 Å². The van der Waals surface area contributed by atoms with Crippen LogP contribution in [0.15, 0.2) is 45.7 Å². The van der Waals surface area contributed by atoms with Gasteiger partial charge >= 0.3 is 0 Å². The summed E-state index contributed by atoms with van der Waals surface area (Å²) in [6.45, 7) is 1.69. The zero-order valence-corrected chi connectivity index (χ0v) is 13.6. The Morgan fingerprint density at radius 1 is 1.28 bits per heavy atom. The van der Waals surface area contributed by atoms with Crippen molar-refractivity contribution in [3.05, 3.63) is 63.9 Å². The topological polar surface area (TPSA) is 101 Å².